The van der Waals surface area contributed by atoms with Crippen LogP contribution in [0.4, 0.5) is 9.93 Å². The summed E-state index contributed by atoms with van der Waals surface area (Å²) in [6.45, 7) is 3.03. The van der Waals surface area contributed by atoms with Crippen molar-refractivity contribution in [1.82, 2.24) is 14.2 Å². The number of urea groups is 1. The highest BCUT2D eigenvalue weighted by atomic mass is 32.2. The molecule has 36 heavy (non-hydrogen) atoms. The summed E-state index contributed by atoms with van der Waals surface area (Å²) >= 11 is 0.877. The van der Waals surface area contributed by atoms with E-state index in [0.717, 1.165) is 80.0 Å². The summed E-state index contributed by atoms with van der Waals surface area (Å²) in [4.78, 5) is 31.2. The number of aromatic nitrogens is 1. The number of amides is 2. The van der Waals surface area contributed by atoms with Crippen LogP contribution in [-0.2, 0) is 19.6 Å². The number of carbonyl (C=O) groups excluding carboxylic acids is 1. The summed E-state index contributed by atoms with van der Waals surface area (Å²) in [5.41, 5.74) is 0. The van der Waals surface area contributed by atoms with Gasteiger partial charge in [-0.25, -0.2) is 18.2 Å². The van der Waals surface area contributed by atoms with Crippen molar-refractivity contribution < 1.29 is 27.9 Å². The van der Waals surface area contributed by atoms with Gasteiger partial charge in [-0.05, 0) is 57.8 Å². The second kappa shape index (κ2) is 12.2. The zero-order valence-corrected chi connectivity index (χ0v) is 22.6. The molecule has 10 nitrogen and oxygen atoms in total. The summed E-state index contributed by atoms with van der Waals surface area (Å²) in [7, 11) is -3.99. The zero-order chi connectivity index (χ0) is 25.7. The molecule has 0 spiro atoms. The largest absolute Gasteiger partial charge is 0.480 e. The molecule has 1 aromatic heterocycles. The standard InChI is InChI=1S/C24H38N4O6S2/c1-2-15-34-19-12-10-18(11-13-19)28(17-7-4-3-5-8-17)24(31)26-23-25-16-21(35-23)36(32,33)27-14-6-9-20(27)22(29)30/h16-20H,2-15H2,1H3,(H,29,30)(H,25,26,31). The Balaban J connectivity index is 1.45. The van der Waals surface area contributed by atoms with Crippen LogP contribution in [0.2, 0.25) is 0 Å². The van der Waals surface area contributed by atoms with Crippen LogP contribution in [0.15, 0.2) is 10.4 Å². The van der Waals surface area contributed by atoms with Crippen LogP contribution in [-0.4, -0.2) is 77.1 Å². The van der Waals surface area contributed by atoms with Crippen molar-refractivity contribution in [2.45, 2.75) is 112 Å². The van der Waals surface area contributed by atoms with Crippen molar-refractivity contribution in [2.24, 2.45) is 0 Å². The lowest BCUT2D eigenvalue weighted by atomic mass is 9.88. The summed E-state index contributed by atoms with van der Waals surface area (Å²) in [5, 5.41) is 12.5. The molecule has 4 rings (SSSR count). The van der Waals surface area contributed by atoms with Crippen LogP contribution in [0.1, 0.15) is 84.0 Å². The van der Waals surface area contributed by atoms with Crippen molar-refractivity contribution in [1.29, 1.82) is 0 Å². The van der Waals surface area contributed by atoms with E-state index in [2.05, 4.69) is 17.2 Å². The Morgan fingerprint density at radius 2 is 1.81 bits per heavy atom. The highest BCUT2D eigenvalue weighted by Gasteiger charge is 2.41. The SMILES string of the molecule is CCCOC1CCC(N(C(=O)Nc2ncc(S(=O)(=O)N3CCCC3C(=O)O)s2)C2CCCCC2)CC1. The van der Waals surface area contributed by atoms with Gasteiger partial charge in [0.25, 0.3) is 10.0 Å². The minimum atomic E-state index is -3.99. The molecular weight excluding hydrogens is 504 g/mol. The molecule has 2 saturated carbocycles. The highest BCUT2D eigenvalue weighted by molar-refractivity contribution is 7.91. The van der Waals surface area contributed by atoms with Gasteiger partial charge in [0, 0.05) is 25.2 Å². The lowest BCUT2D eigenvalue weighted by molar-refractivity contribution is -0.140. The zero-order valence-electron chi connectivity index (χ0n) is 20.9. The number of rotatable bonds is 9. The van der Waals surface area contributed by atoms with Gasteiger partial charge in [-0.1, -0.05) is 37.5 Å². The van der Waals surface area contributed by atoms with Crippen molar-refractivity contribution in [3.05, 3.63) is 6.20 Å². The molecule has 202 valence electrons. The second-order valence-electron chi connectivity index (χ2n) is 10.0. The number of hydrogen-bond acceptors (Lipinski definition) is 7. The van der Waals surface area contributed by atoms with Crippen LogP contribution < -0.4 is 5.32 Å². The Bertz CT molecular complexity index is 1000. The normalized spacial score (nSPS) is 26.1. The summed E-state index contributed by atoms with van der Waals surface area (Å²) < 4.78 is 33.1. The Morgan fingerprint density at radius 1 is 1.11 bits per heavy atom. The first-order valence-corrected chi connectivity index (χ1v) is 15.5. The van der Waals surface area contributed by atoms with Gasteiger partial charge in [0.15, 0.2) is 9.34 Å². The Kier molecular flexibility index (Phi) is 9.24. The maximum atomic E-state index is 13.5. The van der Waals surface area contributed by atoms with Crippen molar-refractivity contribution in [3.8, 4) is 0 Å². The molecule has 1 atom stereocenters. The molecule has 1 unspecified atom stereocenters. The topological polar surface area (TPSA) is 129 Å². The number of anilines is 1. The van der Waals surface area contributed by atoms with Crippen LogP contribution in [0, 0.1) is 0 Å². The molecule has 1 saturated heterocycles. The Labute approximate surface area is 217 Å². The summed E-state index contributed by atoms with van der Waals surface area (Å²) in [5.74, 6) is -1.15. The fourth-order valence-electron chi connectivity index (χ4n) is 5.75. The molecule has 0 bridgehead atoms. The quantitative estimate of drug-likeness (QED) is 0.476. The van der Waals surface area contributed by atoms with Gasteiger partial charge in [-0.2, -0.15) is 4.31 Å². The summed E-state index contributed by atoms with van der Waals surface area (Å²) in [6.07, 6.45) is 12.2. The van der Waals surface area contributed by atoms with Gasteiger partial charge in [0.05, 0.1) is 12.3 Å². The number of nitrogens with one attached hydrogen (secondary N) is 1. The van der Waals surface area contributed by atoms with E-state index in [1.165, 1.54) is 12.6 Å². The van der Waals surface area contributed by atoms with E-state index >= 15 is 0 Å². The van der Waals surface area contributed by atoms with Gasteiger partial charge in [-0.3, -0.25) is 10.1 Å². The van der Waals surface area contributed by atoms with E-state index in [9.17, 15) is 23.1 Å². The van der Waals surface area contributed by atoms with Gasteiger partial charge < -0.3 is 14.7 Å². The van der Waals surface area contributed by atoms with E-state index in [0.29, 0.717) is 12.8 Å². The highest BCUT2D eigenvalue weighted by Crippen LogP contribution is 2.34. The lowest BCUT2D eigenvalue weighted by Crippen LogP contribution is -2.51. The number of aliphatic carboxylic acids is 1. The van der Waals surface area contributed by atoms with Gasteiger partial charge >= 0.3 is 12.0 Å². The molecule has 0 aromatic carbocycles. The third kappa shape index (κ3) is 6.20. The first kappa shape index (κ1) is 27.3. The van der Waals surface area contributed by atoms with Gasteiger partial charge in [0.2, 0.25) is 0 Å². The molecule has 2 heterocycles. The molecule has 3 fully saturated rings. The monoisotopic (exact) mass is 542 g/mol. The van der Waals surface area contributed by atoms with Gasteiger partial charge in [0.1, 0.15) is 6.04 Å². The third-order valence-electron chi connectivity index (χ3n) is 7.55. The van der Waals surface area contributed by atoms with Crippen LogP contribution in [0.25, 0.3) is 0 Å². The van der Waals surface area contributed by atoms with Crippen LogP contribution in [0.5, 0.6) is 0 Å². The van der Waals surface area contributed by atoms with Gasteiger partial charge in [-0.15, -0.1) is 0 Å². The van der Waals surface area contributed by atoms with E-state index in [-0.39, 0.29) is 40.1 Å². The first-order chi connectivity index (χ1) is 17.3. The van der Waals surface area contributed by atoms with E-state index in [1.807, 2.05) is 4.90 Å². The molecule has 12 heteroatoms. The summed E-state index contributed by atoms with van der Waals surface area (Å²) in [6, 6.07) is -1.00. The lowest BCUT2D eigenvalue weighted by Gasteiger charge is -2.42. The number of carboxylic acids is 1. The van der Waals surface area contributed by atoms with E-state index in [1.54, 1.807) is 0 Å². The Morgan fingerprint density at radius 3 is 2.47 bits per heavy atom. The number of carboxylic acid groups (broad SMARTS) is 1. The molecule has 0 radical (unpaired) electrons. The molecule has 1 aromatic rings. The van der Waals surface area contributed by atoms with E-state index < -0.39 is 22.0 Å². The smallest absolute Gasteiger partial charge is 0.324 e. The molecule has 3 aliphatic rings. The molecule has 2 amide bonds. The number of nitrogens with zero attached hydrogens (tertiary/aromatic N) is 3. The maximum absolute atomic E-state index is 13.5. The average Bonchev–Trinajstić information content (AvgIpc) is 3.55. The number of thiazole rings is 1. The minimum absolute atomic E-state index is 0.0521. The Hall–Kier alpha value is -1.76. The number of hydrogen-bond donors (Lipinski definition) is 2. The first-order valence-electron chi connectivity index (χ1n) is 13.2. The van der Waals surface area contributed by atoms with Crippen molar-refractivity contribution in [2.75, 3.05) is 18.5 Å². The number of ether oxygens (including phenoxy) is 1. The minimum Gasteiger partial charge on any atom is -0.480 e. The van der Waals surface area contributed by atoms with Crippen LogP contribution in [0.3, 0.4) is 0 Å². The van der Waals surface area contributed by atoms with Crippen molar-refractivity contribution in [3.63, 3.8) is 0 Å². The predicted molar refractivity (Wildman–Crippen MR) is 137 cm³/mol. The third-order valence-corrected chi connectivity index (χ3v) is 10.8. The average molecular weight is 543 g/mol. The number of carbonyl (C=O) groups is 2. The molecule has 2 aliphatic carbocycles. The number of sulfonamides is 1. The predicted octanol–water partition coefficient (Wildman–Crippen LogP) is 4.29. The molecule has 2 N–H and O–H groups in total. The van der Waals surface area contributed by atoms with E-state index in [4.69, 9.17) is 4.74 Å². The van der Waals surface area contributed by atoms with Crippen molar-refractivity contribution >= 4 is 38.5 Å². The maximum Gasteiger partial charge on any atom is 0.324 e. The molecular formula is C24H38N4O6S2. The van der Waals surface area contributed by atoms with Crippen LogP contribution >= 0.6 is 11.3 Å². The molecule has 1 aliphatic heterocycles. The fourth-order valence-corrected chi connectivity index (χ4v) is 8.55. The fraction of sp³-hybridized carbons (Fsp3) is 0.792. The second-order valence-corrected chi connectivity index (χ2v) is 13.2.